The van der Waals surface area contributed by atoms with E-state index in [0.29, 0.717) is 12.4 Å². The first-order chi connectivity index (χ1) is 13.2. The van der Waals surface area contributed by atoms with E-state index in [1.165, 1.54) is 0 Å². The van der Waals surface area contributed by atoms with Crippen LogP contribution < -0.4 is 4.74 Å². The van der Waals surface area contributed by atoms with Gasteiger partial charge in [0.2, 0.25) is 11.8 Å². The van der Waals surface area contributed by atoms with E-state index >= 15 is 0 Å². The molecule has 0 spiro atoms. The first-order valence-electron chi connectivity index (χ1n) is 9.61. The standard InChI is InChI=1S/C23H24N2O2/c1-2-20(17-8-4-3-5-9-17)23(26)25-15-14-19(16-25)27-22-13-12-18-10-6-7-11-21(18)24-22/h3-13,19-20H,2,14-16H2,1H3. The maximum Gasteiger partial charge on any atom is 0.230 e. The molecule has 1 aliphatic heterocycles. The molecule has 1 aliphatic rings. The first kappa shape index (κ1) is 17.5. The molecular formula is C23H24N2O2. The molecule has 27 heavy (non-hydrogen) atoms. The van der Waals surface area contributed by atoms with Crippen molar-refractivity contribution in [3.05, 3.63) is 72.3 Å². The second-order valence-corrected chi connectivity index (χ2v) is 7.03. The summed E-state index contributed by atoms with van der Waals surface area (Å²) in [5, 5.41) is 1.10. The summed E-state index contributed by atoms with van der Waals surface area (Å²) in [6.45, 7) is 3.43. The fourth-order valence-electron chi connectivity index (χ4n) is 3.77. The highest BCUT2D eigenvalue weighted by atomic mass is 16.5. The van der Waals surface area contributed by atoms with Gasteiger partial charge in [0, 0.05) is 24.4 Å². The minimum atomic E-state index is -0.0799. The Morgan fingerprint density at radius 1 is 1.11 bits per heavy atom. The Balaban J connectivity index is 1.42. The number of hydrogen-bond acceptors (Lipinski definition) is 3. The van der Waals surface area contributed by atoms with E-state index in [2.05, 4.69) is 11.9 Å². The summed E-state index contributed by atoms with van der Waals surface area (Å²) < 4.78 is 6.08. The van der Waals surface area contributed by atoms with Gasteiger partial charge in [0.1, 0.15) is 6.10 Å². The number of benzene rings is 2. The molecule has 4 nitrogen and oxygen atoms in total. The number of carbonyl (C=O) groups is 1. The normalized spacial score (nSPS) is 17.8. The molecule has 0 bridgehead atoms. The number of hydrogen-bond donors (Lipinski definition) is 0. The van der Waals surface area contributed by atoms with E-state index in [-0.39, 0.29) is 17.9 Å². The van der Waals surface area contributed by atoms with Gasteiger partial charge in [-0.2, -0.15) is 0 Å². The molecular weight excluding hydrogens is 336 g/mol. The quantitative estimate of drug-likeness (QED) is 0.677. The van der Waals surface area contributed by atoms with E-state index in [9.17, 15) is 4.79 Å². The number of pyridine rings is 1. The van der Waals surface area contributed by atoms with Crippen LogP contribution in [-0.2, 0) is 4.79 Å². The second-order valence-electron chi connectivity index (χ2n) is 7.03. The maximum atomic E-state index is 13.0. The van der Waals surface area contributed by atoms with Crippen LogP contribution in [0.4, 0.5) is 0 Å². The number of rotatable bonds is 5. The zero-order chi connectivity index (χ0) is 18.6. The van der Waals surface area contributed by atoms with Crippen molar-refractivity contribution in [1.82, 2.24) is 9.88 Å². The predicted molar refractivity (Wildman–Crippen MR) is 107 cm³/mol. The van der Waals surface area contributed by atoms with E-state index in [1.807, 2.05) is 71.6 Å². The van der Waals surface area contributed by atoms with Crippen molar-refractivity contribution in [2.75, 3.05) is 13.1 Å². The second kappa shape index (κ2) is 7.78. The number of carbonyl (C=O) groups excluding carboxylic acids is 1. The molecule has 0 radical (unpaired) electrons. The van der Waals surface area contributed by atoms with Gasteiger partial charge in [0.15, 0.2) is 0 Å². The minimum absolute atomic E-state index is 0.00380. The lowest BCUT2D eigenvalue weighted by Gasteiger charge is -2.23. The molecule has 138 valence electrons. The molecule has 1 saturated heterocycles. The smallest absolute Gasteiger partial charge is 0.230 e. The van der Waals surface area contributed by atoms with Crippen LogP contribution in [-0.4, -0.2) is 35.0 Å². The van der Waals surface area contributed by atoms with Gasteiger partial charge < -0.3 is 9.64 Å². The molecule has 2 heterocycles. The summed E-state index contributed by atoms with van der Waals surface area (Å²) in [4.78, 5) is 19.5. The third kappa shape index (κ3) is 3.80. The van der Waals surface area contributed by atoms with Crippen molar-refractivity contribution >= 4 is 16.8 Å². The number of aromatic nitrogens is 1. The van der Waals surface area contributed by atoms with E-state index in [0.717, 1.165) is 35.9 Å². The SMILES string of the molecule is CCC(C(=O)N1CCC(Oc2ccc3ccccc3n2)C1)c1ccccc1. The minimum Gasteiger partial charge on any atom is -0.472 e. The summed E-state index contributed by atoms with van der Waals surface area (Å²) in [7, 11) is 0. The van der Waals surface area contributed by atoms with Gasteiger partial charge in [-0.15, -0.1) is 0 Å². The lowest BCUT2D eigenvalue weighted by atomic mass is 9.95. The van der Waals surface area contributed by atoms with Crippen LogP contribution in [0.1, 0.15) is 31.2 Å². The van der Waals surface area contributed by atoms with Crippen molar-refractivity contribution < 1.29 is 9.53 Å². The Kier molecular flexibility index (Phi) is 5.05. The van der Waals surface area contributed by atoms with Gasteiger partial charge in [-0.1, -0.05) is 55.5 Å². The molecule has 2 atom stereocenters. The Bertz CT molecular complexity index is 926. The third-order valence-corrected chi connectivity index (χ3v) is 5.23. The number of amides is 1. The summed E-state index contributed by atoms with van der Waals surface area (Å²) in [5.74, 6) is 0.744. The summed E-state index contributed by atoms with van der Waals surface area (Å²) in [6.07, 6.45) is 1.64. The van der Waals surface area contributed by atoms with Crippen LogP contribution in [0.25, 0.3) is 10.9 Å². The number of ether oxygens (including phenoxy) is 1. The van der Waals surface area contributed by atoms with Gasteiger partial charge in [0.05, 0.1) is 18.0 Å². The van der Waals surface area contributed by atoms with Gasteiger partial charge in [-0.05, 0) is 24.1 Å². The van der Waals surface area contributed by atoms with Crippen molar-refractivity contribution in [2.45, 2.75) is 31.8 Å². The molecule has 1 aromatic heterocycles. The largest absolute Gasteiger partial charge is 0.472 e. The van der Waals surface area contributed by atoms with Gasteiger partial charge in [0.25, 0.3) is 0 Å². The zero-order valence-electron chi connectivity index (χ0n) is 15.5. The van der Waals surface area contributed by atoms with Gasteiger partial charge >= 0.3 is 0 Å². The predicted octanol–water partition coefficient (Wildman–Crippen LogP) is 4.41. The van der Waals surface area contributed by atoms with Crippen LogP contribution >= 0.6 is 0 Å². The average Bonchev–Trinajstić information content (AvgIpc) is 3.18. The maximum absolute atomic E-state index is 13.0. The van der Waals surface area contributed by atoms with Crippen molar-refractivity contribution in [1.29, 1.82) is 0 Å². The van der Waals surface area contributed by atoms with E-state index in [4.69, 9.17) is 4.74 Å². The highest BCUT2D eigenvalue weighted by Gasteiger charge is 2.32. The Morgan fingerprint density at radius 3 is 2.70 bits per heavy atom. The molecule has 0 aliphatic carbocycles. The van der Waals surface area contributed by atoms with E-state index < -0.39 is 0 Å². The molecule has 4 heteroatoms. The van der Waals surface area contributed by atoms with Crippen LogP contribution in [0, 0.1) is 0 Å². The Hall–Kier alpha value is -2.88. The molecule has 0 N–H and O–H groups in total. The monoisotopic (exact) mass is 360 g/mol. The number of likely N-dealkylation sites (tertiary alicyclic amines) is 1. The molecule has 3 aromatic rings. The van der Waals surface area contributed by atoms with Crippen LogP contribution in [0.3, 0.4) is 0 Å². The number of nitrogens with zero attached hydrogens (tertiary/aromatic N) is 2. The molecule has 4 rings (SSSR count). The molecule has 2 aromatic carbocycles. The topological polar surface area (TPSA) is 42.4 Å². The Labute approximate surface area is 159 Å². The third-order valence-electron chi connectivity index (χ3n) is 5.23. The Morgan fingerprint density at radius 2 is 1.89 bits per heavy atom. The fourth-order valence-corrected chi connectivity index (χ4v) is 3.77. The van der Waals surface area contributed by atoms with Crippen LogP contribution in [0.15, 0.2) is 66.7 Å². The molecule has 1 fully saturated rings. The molecule has 2 unspecified atom stereocenters. The number of para-hydroxylation sites is 1. The number of fused-ring (bicyclic) bond motifs is 1. The van der Waals surface area contributed by atoms with E-state index in [1.54, 1.807) is 0 Å². The average molecular weight is 360 g/mol. The molecule has 1 amide bonds. The zero-order valence-corrected chi connectivity index (χ0v) is 15.5. The van der Waals surface area contributed by atoms with Crippen LogP contribution in [0.2, 0.25) is 0 Å². The highest BCUT2D eigenvalue weighted by Crippen LogP contribution is 2.26. The summed E-state index contributed by atoms with van der Waals surface area (Å²) in [6, 6.07) is 22.0. The fraction of sp³-hybridized carbons (Fsp3) is 0.304. The highest BCUT2D eigenvalue weighted by molar-refractivity contribution is 5.84. The lowest BCUT2D eigenvalue weighted by Crippen LogP contribution is -2.34. The van der Waals surface area contributed by atoms with Crippen molar-refractivity contribution in [3.63, 3.8) is 0 Å². The summed E-state index contributed by atoms with van der Waals surface area (Å²) >= 11 is 0. The van der Waals surface area contributed by atoms with Gasteiger partial charge in [-0.3, -0.25) is 4.79 Å². The van der Waals surface area contributed by atoms with Crippen molar-refractivity contribution in [2.24, 2.45) is 0 Å². The first-order valence-corrected chi connectivity index (χ1v) is 9.61. The lowest BCUT2D eigenvalue weighted by molar-refractivity contribution is -0.132. The summed E-state index contributed by atoms with van der Waals surface area (Å²) in [5.41, 5.74) is 2.02. The molecule has 0 saturated carbocycles. The van der Waals surface area contributed by atoms with Crippen molar-refractivity contribution in [3.8, 4) is 5.88 Å². The van der Waals surface area contributed by atoms with Crippen LogP contribution in [0.5, 0.6) is 5.88 Å². The van der Waals surface area contributed by atoms with Gasteiger partial charge in [-0.25, -0.2) is 4.98 Å².